The van der Waals surface area contributed by atoms with Crippen LogP contribution in [0.4, 0.5) is 0 Å². The number of aliphatic hydroxyl groups is 19. The molecule has 73 heavy (non-hydrogen) atoms. The van der Waals surface area contributed by atoms with Gasteiger partial charge in [0.25, 0.3) is 0 Å². The van der Waals surface area contributed by atoms with Gasteiger partial charge in [-0.05, 0) is 12.8 Å². The molecule has 0 spiro atoms. The van der Waals surface area contributed by atoms with Gasteiger partial charge in [0.05, 0.1) is 52.4 Å². The van der Waals surface area contributed by atoms with Crippen LogP contribution in [-0.2, 0) is 61.6 Å². The van der Waals surface area contributed by atoms with Crippen LogP contribution in [0.3, 0.4) is 0 Å². The SMILES string of the molecule is OCC(O)CCCO[C@@H]1[C@@H](O)[C@H]2O[C@H]3[C@H](O)[C@@H](O)[C@@H](O[C@H]4[C@H](O)[C@@H](O)[C@@H](O[C@H]5[C@H](O)[C@@H](O)[C@@H](O[C@H]6[C@H](O)[C@@H](O)[C@@H](O[C@H]7[C@H](O)[C@@H](O)[C@@H](O[C@H]1[C@@H](CO)O2)O[C@@H]7CO)O[C@@H]6CO)O[C@@H]5CO)O[C@@H]4CO)O[C@@H]3CO. The van der Waals surface area contributed by atoms with E-state index >= 15 is 0 Å². The van der Waals surface area contributed by atoms with Gasteiger partial charge in [-0.1, -0.05) is 0 Å². The van der Waals surface area contributed by atoms with E-state index in [9.17, 15) is 97.0 Å². The first-order valence-corrected chi connectivity index (χ1v) is 23.8. The normalized spacial score (nSPS) is 51.7. The Hall–Kier alpha value is -1.28. The van der Waals surface area contributed by atoms with Crippen LogP contribution in [0.1, 0.15) is 12.8 Å². The number of aliphatic hydroxyl groups excluding tert-OH is 19. The van der Waals surface area contributed by atoms with Gasteiger partial charge >= 0.3 is 0 Å². The molecule has 0 saturated carbocycles. The van der Waals surface area contributed by atoms with Crippen molar-refractivity contribution in [2.45, 2.75) is 203 Å². The maximum Gasteiger partial charge on any atom is 0.187 e. The third-order valence-electron chi connectivity index (χ3n) is 13.8. The molecule has 1 unspecified atom stereocenters. The summed E-state index contributed by atoms with van der Waals surface area (Å²) in [7, 11) is 0. The van der Waals surface area contributed by atoms with Gasteiger partial charge in [0, 0.05) is 6.61 Å². The van der Waals surface area contributed by atoms with E-state index in [1.807, 2.05) is 0 Å². The number of rotatable bonds is 12. The number of ether oxygens (including phenoxy) is 13. The summed E-state index contributed by atoms with van der Waals surface area (Å²) in [5.74, 6) is 0. The van der Waals surface area contributed by atoms with Crippen LogP contribution in [0.25, 0.3) is 0 Å². The highest BCUT2D eigenvalue weighted by Crippen LogP contribution is 2.38. The molecule has 0 aliphatic carbocycles. The average Bonchev–Trinajstić information content (AvgIpc) is 3.38. The third kappa shape index (κ3) is 12.5. The van der Waals surface area contributed by atoms with E-state index in [-0.39, 0.29) is 19.4 Å². The van der Waals surface area contributed by atoms with Gasteiger partial charge in [0.1, 0.15) is 146 Å². The Morgan fingerprint density at radius 2 is 0.534 bits per heavy atom. The Morgan fingerprint density at radius 3 is 0.781 bits per heavy atom. The zero-order valence-corrected chi connectivity index (χ0v) is 38.8. The monoisotopic (exact) mass is 1070 g/mol. The molecule has 22 rings (SSSR count). The Labute approximate surface area is 414 Å². The molecule has 22 aliphatic heterocycles. The van der Waals surface area contributed by atoms with Crippen LogP contribution in [0, 0.1) is 0 Å². The maximum absolute atomic E-state index is 11.8. The molecule has 12 bridgehead atoms. The Morgan fingerprint density at radius 1 is 0.301 bits per heavy atom. The van der Waals surface area contributed by atoms with E-state index in [1.165, 1.54) is 0 Å². The highest BCUT2D eigenvalue weighted by atomic mass is 16.8. The van der Waals surface area contributed by atoms with Crippen molar-refractivity contribution in [3.05, 3.63) is 0 Å². The quantitative estimate of drug-likeness (QED) is 0.0807. The number of hydrogen-bond donors (Lipinski definition) is 19. The maximum atomic E-state index is 11.8. The van der Waals surface area contributed by atoms with Crippen LogP contribution in [-0.4, -0.2) is 340 Å². The second-order valence-electron chi connectivity index (χ2n) is 18.7. The van der Waals surface area contributed by atoms with Crippen molar-refractivity contribution >= 4 is 0 Å². The van der Waals surface area contributed by atoms with E-state index in [0.717, 1.165) is 0 Å². The van der Waals surface area contributed by atoms with Crippen molar-refractivity contribution in [2.75, 3.05) is 52.9 Å². The van der Waals surface area contributed by atoms with Gasteiger partial charge in [-0.3, -0.25) is 0 Å². The molecule has 0 aromatic rings. The summed E-state index contributed by atoms with van der Waals surface area (Å²) >= 11 is 0. The first-order valence-electron chi connectivity index (χ1n) is 23.8. The fraction of sp³-hybridized carbons (Fsp3) is 1.00. The van der Waals surface area contributed by atoms with Gasteiger partial charge in [0.15, 0.2) is 37.7 Å². The minimum absolute atomic E-state index is 0.0148. The smallest absolute Gasteiger partial charge is 0.187 e. The molecule has 22 aliphatic rings. The molecular weight excluding hydrogens is 1000 g/mol. The van der Waals surface area contributed by atoms with E-state index < -0.39 is 237 Å². The molecule has 0 aromatic carbocycles. The summed E-state index contributed by atoms with van der Waals surface area (Å²) in [5.41, 5.74) is 0. The topological polar surface area (TPSA) is 504 Å². The van der Waals surface area contributed by atoms with Crippen molar-refractivity contribution in [2.24, 2.45) is 0 Å². The number of hydrogen-bond acceptors (Lipinski definition) is 32. The van der Waals surface area contributed by atoms with E-state index in [2.05, 4.69) is 0 Å². The lowest BCUT2D eigenvalue weighted by atomic mass is 9.94. The van der Waals surface area contributed by atoms with Crippen molar-refractivity contribution in [3.8, 4) is 0 Å². The van der Waals surface area contributed by atoms with Crippen molar-refractivity contribution in [3.63, 3.8) is 0 Å². The molecule has 22 heterocycles. The predicted octanol–water partition coefficient (Wildman–Crippen LogP) is -12.9. The molecule has 0 radical (unpaired) electrons. The molecule has 32 nitrogen and oxygen atoms in total. The van der Waals surface area contributed by atoms with Gasteiger partial charge in [0.2, 0.25) is 0 Å². The van der Waals surface area contributed by atoms with E-state index in [4.69, 9.17) is 61.6 Å². The minimum Gasteiger partial charge on any atom is -0.394 e. The summed E-state index contributed by atoms with van der Waals surface area (Å²) in [5, 5.41) is 207. The van der Waals surface area contributed by atoms with Gasteiger partial charge in [-0.25, -0.2) is 0 Å². The Bertz CT molecular complexity index is 1650. The second-order valence-corrected chi connectivity index (χ2v) is 18.7. The molecule has 31 atom stereocenters. The molecule has 22 fully saturated rings. The highest BCUT2D eigenvalue weighted by Gasteiger charge is 2.59. The largest absolute Gasteiger partial charge is 0.394 e. The molecule has 32 heteroatoms. The lowest BCUT2D eigenvalue weighted by Gasteiger charge is -2.51. The minimum atomic E-state index is -2.17. The molecule has 22 saturated heterocycles. The summed E-state index contributed by atoms with van der Waals surface area (Å²) in [6, 6.07) is 0. The Kier molecular flexibility index (Phi) is 21.2. The highest BCUT2D eigenvalue weighted by molar-refractivity contribution is 5.01. The van der Waals surface area contributed by atoms with Crippen LogP contribution >= 0.6 is 0 Å². The summed E-state index contributed by atoms with van der Waals surface area (Å²) in [4.78, 5) is 0. The lowest BCUT2D eigenvalue weighted by Crippen LogP contribution is -2.69. The summed E-state index contributed by atoms with van der Waals surface area (Å²) in [6.45, 7) is -6.92. The van der Waals surface area contributed by atoms with Crippen LogP contribution < -0.4 is 0 Å². The van der Waals surface area contributed by atoms with Crippen LogP contribution in [0.5, 0.6) is 0 Å². The standard InChI is InChI=1S/C41H70O32/c42-4-11(49)2-1-3-61-35-28(60)41-67-17(10-48)34(35)73-40-27(59)22(54)32(15(8-46)66-40)71-38-25(57)20(52)30(13(6-44)64-38)69-36-23(55)18(50)29(12(5-43)62-36)68-37-24(56)19(51)31(14(7-45)63-37)70-39-26(58)21(53)33(72-41)16(9-47)65-39/h11-60H,1-10H2/t11?,12-,13-,14-,15-,16-,17-,18-,19-,20-,21-,22-,23-,24-,25-,26-,27-,28-,29-,30-,31-,32-,33-,34+,35-,36-,37-,38-,39-,40-,41-/m1/s1. The van der Waals surface area contributed by atoms with Crippen molar-refractivity contribution < 1.29 is 159 Å². The van der Waals surface area contributed by atoms with E-state index in [1.54, 1.807) is 0 Å². The van der Waals surface area contributed by atoms with Crippen molar-refractivity contribution in [1.29, 1.82) is 0 Å². The molecular formula is C41H70O32. The zero-order chi connectivity index (χ0) is 53.2. The fourth-order valence-electron chi connectivity index (χ4n) is 9.73. The molecule has 19 N–H and O–H groups in total. The lowest BCUT2D eigenvalue weighted by molar-refractivity contribution is -0.405. The van der Waals surface area contributed by atoms with Crippen molar-refractivity contribution in [1.82, 2.24) is 0 Å². The van der Waals surface area contributed by atoms with Crippen LogP contribution in [0.15, 0.2) is 0 Å². The van der Waals surface area contributed by atoms with Gasteiger partial charge in [-0.2, -0.15) is 0 Å². The third-order valence-corrected chi connectivity index (χ3v) is 13.8. The first kappa shape index (κ1) is 59.4. The predicted molar refractivity (Wildman–Crippen MR) is 222 cm³/mol. The summed E-state index contributed by atoms with van der Waals surface area (Å²) in [6.07, 6.45) is -59.3. The first-order chi connectivity index (χ1) is 34.9. The second kappa shape index (κ2) is 26.1. The fourth-order valence-corrected chi connectivity index (χ4v) is 9.73. The summed E-state index contributed by atoms with van der Waals surface area (Å²) < 4.78 is 75.2. The van der Waals surface area contributed by atoms with E-state index in [0.29, 0.717) is 0 Å². The van der Waals surface area contributed by atoms with Gasteiger partial charge < -0.3 is 159 Å². The Balaban J connectivity index is 1.21. The molecule has 0 aromatic heterocycles. The van der Waals surface area contributed by atoms with Crippen LogP contribution in [0.2, 0.25) is 0 Å². The average molecular weight is 1070 g/mol. The zero-order valence-electron chi connectivity index (χ0n) is 38.8. The molecule has 0 amide bonds. The van der Waals surface area contributed by atoms with Gasteiger partial charge in [-0.15, -0.1) is 0 Å². The molecule has 426 valence electrons.